The normalized spacial score (nSPS) is 20.9. The molecular weight excluding hydrogens is 466 g/mol. The van der Waals surface area contributed by atoms with Gasteiger partial charge in [-0.1, -0.05) is 24.3 Å². The van der Waals surface area contributed by atoms with Crippen molar-refractivity contribution in [1.29, 1.82) is 0 Å². The molecule has 0 radical (unpaired) electrons. The van der Waals surface area contributed by atoms with E-state index in [9.17, 15) is 18.3 Å². The minimum absolute atomic E-state index is 0.0254. The first-order chi connectivity index (χ1) is 16.7. The Morgan fingerprint density at radius 2 is 1.71 bits per heavy atom. The number of sulfonamides is 1. The predicted octanol–water partition coefficient (Wildman–Crippen LogP) is 2.54. The van der Waals surface area contributed by atoms with Gasteiger partial charge in [0, 0.05) is 45.9 Å². The van der Waals surface area contributed by atoms with Crippen LogP contribution in [0.15, 0.2) is 48.5 Å². The zero-order valence-electron chi connectivity index (χ0n) is 20.3. The Labute approximate surface area is 207 Å². The summed E-state index contributed by atoms with van der Waals surface area (Å²) in [6.07, 6.45) is 2.56. The third-order valence-corrected chi connectivity index (χ3v) is 9.86. The first-order valence-electron chi connectivity index (χ1n) is 12.2. The van der Waals surface area contributed by atoms with Gasteiger partial charge in [0.1, 0.15) is 11.8 Å². The third-order valence-electron chi connectivity index (χ3n) is 7.57. The molecule has 2 aliphatic carbocycles. The molecule has 2 aromatic rings. The van der Waals surface area contributed by atoms with Gasteiger partial charge in [-0.3, -0.25) is 14.0 Å². The van der Waals surface area contributed by atoms with Crippen molar-refractivity contribution in [1.82, 2.24) is 9.80 Å². The maximum absolute atomic E-state index is 13.1. The minimum Gasteiger partial charge on any atom is -0.375 e. The molecule has 1 amide bonds. The predicted molar refractivity (Wildman–Crippen MR) is 135 cm³/mol. The molecule has 8 nitrogen and oxygen atoms in total. The molecule has 3 fully saturated rings. The van der Waals surface area contributed by atoms with Crippen molar-refractivity contribution in [3.8, 4) is 11.1 Å². The summed E-state index contributed by atoms with van der Waals surface area (Å²) in [7, 11) is -0.0596. The molecule has 1 N–H and O–H groups in total. The van der Waals surface area contributed by atoms with E-state index in [0.29, 0.717) is 37.4 Å². The van der Waals surface area contributed by atoms with Crippen molar-refractivity contribution in [2.24, 2.45) is 0 Å². The van der Waals surface area contributed by atoms with Crippen LogP contribution in [0.4, 0.5) is 5.69 Å². The summed E-state index contributed by atoms with van der Waals surface area (Å²) in [5.74, 6) is -0.0254. The van der Waals surface area contributed by atoms with Crippen LogP contribution in [0.1, 0.15) is 36.0 Å². The van der Waals surface area contributed by atoms with Crippen LogP contribution in [0.5, 0.6) is 0 Å². The van der Waals surface area contributed by atoms with Crippen LogP contribution in [0.25, 0.3) is 11.1 Å². The minimum atomic E-state index is -3.31. The van der Waals surface area contributed by atoms with Gasteiger partial charge in [0.25, 0.3) is 5.91 Å². The number of nitrogens with zero attached hydrogens (tertiary/aromatic N) is 3. The van der Waals surface area contributed by atoms with E-state index in [-0.39, 0.29) is 11.2 Å². The zero-order valence-corrected chi connectivity index (χ0v) is 21.1. The summed E-state index contributed by atoms with van der Waals surface area (Å²) in [5, 5.41) is 10.4. The Balaban J connectivity index is 1.23. The number of methoxy groups -OCH3 is 1. The number of carbonyl (C=O) groups is 1. The monoisotopic (exact) mass is 499 g/mol. The van der Waals surface area contributed by atoms with Crippen molar-refractivity contribution >= 4 is 21.6 Å². The quantitative estimate of drug-likeness (QED) is 0.600. The fraction of sp³-hybridized carbons (Fsp3) is 0.500. The standard InChI is InChI=1S/C26H33N3O5S/c1-27(35(32,33)23-10-11-23)22-5-3-4-21(18-22)19-6-8-20(9-7-19)24(30)28-14-16-29(17-15-28)25(31)26(34-2)12-13-26/h3-9,18,23,25,31H,10-17H2,1-2H3. The second kappa shape index (κ2) is 9.20. The first-order valence-corrected chi connectivity index (χ1v) is 13.7. The van der Waals surface area contributed by atoms with E-state index >= 15 is 0 Å². The van der Waals surface area contributed by atoms with E-state index in [1.165, 1.54) is 4.31 Å². The summed E-state index contributed by atoms with van der Waals surface area (Å²) >= 11 is 0. The maximum atomic E-state index is 13.1. The van der Waals surface area contributed by atoms with Gasteiger partial charge in [-0.05, 0) is 61.1 Å². The summed E-state index contributed by atoms with van der Waals surface area (Å²) in [4.78, 5) is 16.9. The van der Waals surface area contributed by atoms with Crippen molar-refractivity contribution in [3.63, 3.8) is 0 Å². The van der Waals surface area contributed by atoms with E-state index in [1.54, 1.807) is 20.2 Å². The Morgan fingerprint density at radius 1 is 1.06 bits per heavy atom. The van der Waals surface area contributed by atoms with Crippen molar-refractivity contribution in [2.45, 2.75) is 42.8 Å². The summed E-state index contributed by atoms with van der Waals surface area (Å²) in [6.45, 7) is 2.34. The van der Waals surface area contributed by atoms with Crippen molar-refractivity contribution in [3.05, 3.63) is 54.1 Å². The number of benzene rings is 2. The van der Waals surface area contributed by atoms with Gasteiger partial charge in [0.15, 0.2) is 0 Å². The van der Waals surface area contributed by atoms with Gasteiger partial charge in [0.05, 0.1) is 10.9 Å². The van der Waals surface area contributed by atoms with E-state index in [0.717, 1.165) is 36.8 Å². The molecule has 2 saturated carbocycles. The highest BCUT2D eigenvalue weighted by Gasteiger charge is 2.52. The third kappa shape index (κ3) is 4.70. The lowest BCUT2D eigenvalue weighted by atomic mass is 10.0. The number of ether oxygens (including phenoxy) is 1. The number of aliphatic hydroxyl groups is 1. The number of hydrogen-bond donors (Lipinski definition) is 1. The molecule has 3 aliphatic rings. The van der Waals surface area contributed by atoms with Gasteiger partial charge in [-0.25, -0.2) is 8.42 Å². The van der Waals surface area contributed by atoms with Gasteiger partial charge in [-0.15, -0.1) is 0 Å². The average Bonchev–Trinajstić information content (AvgIpc) is 3.81. The molecule has 0 bridgehead atoms. The lowest BCUT2D eigenvalue weighted by Crippen LogP contribution is -2.55. The van der Waals surface area contributed by atoms with Gasteiger partial charge in [-0.2, -0.15) is 0 Å². The van der Waals surface area contributed by atoms with Crippen LogP contribution in [-0.2, 0) is 14.8 Å². The van der Waals surface area contributed by atoms with Crippen LogP contribution < -0.4 is 4.31 Å². The smallest absolute Gasteiger partial charge is 0.253 e. The van der Waals surface area contributed by atoms with Gasteiger partial charge < -0.3 is 14.7 Å². The lowest BCUT2D eigenvalue weighted by molar-refractivity contribution is -0.122. The van der Waals surface area contributed by atoms with E-state index in [2.05, 4.69) is 0 Å². The highest BCUT2D eigenvalue weighted by Crippen LogP contribution is 2.43. The second-order valence-corrected chi connectivity index (χ2v) is 12.1. The van der Waals surface area contributed by atoms with Gasteiger partial charge in [0.2, 0.25) is 10.0 Å². The van der Waals surface area contributed by atoms with E-state index in [1.807, 2.05) is 52.3 Å². The second-order valence-electron chi connectivity index (χ2n) is 9.81. The highest BCUT2D eigenvalue weighted by molar-refractivity contribution is 7.93. The zero-order chi connectivity index (χ0) is 24.8. The number of aliphatic hydroxyl groups excluding tert-OH is 1. The molecular formula is C26H33N3O5S. The molecule has 5 rings (SSSR count). The molecule has 0 aromatic heterocycles. The lowest BCUT2D eigenvalue weighted by Gasteiger charge is -2.39. The Kier molecular flexibility index (Phi) is 6.37. The van der Waals surface area contributed by atoms with Gasteiger partial charge >= 0.3 is 0 Å². The number of anilines is 1. The Hall–Kier alpha value is -2.46. The van der Waals surface area contributed by atoms with Crippen LogP contribution in [0.2, 0.25) is 0 Å². The molecule has 2 aromatic carbocycles. The summed E-state index contributed by atoms with van der Waals surface area (Å²) in [5.41, 5.74) is 2.63. The molecule has 1 atom stereocenters. The topological polar surface area (TPSA) is 90.4 Å². The molecule has 9 heteroatoms. The van der Waals surface area contributed by atoms with Crippen molar-refractivity contribution in [2.75, 3.05) is 44.6 Å². The Bertz CT molecular complexity index is 1180. The van der Waals surface area contributed by atoms with Crippen LogP contribution in [0.3, 0.4) is 0 Å². The fourth-order valence-corrected chi connectivity index (χ4v) is 6.39. The summed E-state index contributed by atoms with van der Waals surface area (Å²) in [6, 6.07) is 14.9. The largest absolute Gasteiger partial charge is 0.375 e. The SMILES string of the molecule is COC1(C(O)N2CCN(C(=O)c3ccc(-c4cccc(N(C)S(=O)(=O)C5CC5)c4)cc3)CC2)CC1. The Morgan fingerprint density at radius 3 is 2.29 bits per heavy atom. The van der Waals surface area contributed by atoms with Crippen LogP contribution in [-0.4, -0.2) is 86.6 Å². The molecule has 1 saturated heterocycles. The molecule has 1 heterocycles. The maximum Gasteiger partial charge on any atom is 0.253 e. The molecule has 1 aliphatic heterocycles. The average molecular weight is 500 g/mol. The number of piperazine rings is 1. The molecule has 188 valence electrons. The molecule has 0 spiro atoms. The fourth-order valence-electron chi connectivity index (χ4n) is 4.80. The molecule has 35 heavy (non-hydrogen) atoms. The highest BCUT2D eigenvalue weighted by atomic mass is 32.2. The van der Waals surface area contributed by atoms with E-state index < -0.39 is 21.9 Å². The first kappa shape index (κ1) is 24.2. The number of rotatable bonds is 8. The van der Waals surface area contributed by atoms with E-state index in [4.69, 9.17) is 4.74 Å². The number of hydrogen-bond acceptors (Lipinski definition) is 6. The van der Waals surface area contributed by atoms with Crippen molar-refractivity contribution < 1.29 is 23.1 Å². The van der Waals surface area contributed by atoms with Crippen LogP contribution >= 0.6 is 0 Å². The summed E-state index contributed by atoms with van der Waals surface area (Å²) < 4.78 is 32.1. The van der Waals surface area contributed by atoms with Crippen LogP contribution in [0, 0.1) is 0 Å². The number of amides is 1. The number of carbonyl (C=O) groups excluding carboxylic acids is 1. The molecule has 1 unspecified atom stereocenters.